The van der Waals surface area contributed by atoms with E-state index in [0.29, 0.717) is 24.1 Å². The molecule has 5 heteroatoms. The van der Waals surface area contributed by atoms with Crippen molar-refractivity contribution in [2.45, 2.75) is 38.3 Å². The summed E-state index contributed by atoms with van der Waals surface area (Å²) in [5, 5.41) is 3.53. The van der Waals surface area contributed by atoms with E-state index < -0.39 is 5.91 Å². The fourth-order valence-electron chi connectivity index (χ4n) is 2.55. The smallest absolute Gasteiger partial charge is 0.255 e. The normalized spacial score (nSPS) is 15.2. The first-order valence-corrected chi connectivity index (χ1v) is 7.01. The van der Waals surface area contributed by atoms with E-state index in [1.54, 1.807) is 7.11 Å². The van der Waals surface area contributed by atoms with Gasteiger partial charge in [0.2, 0.25) is 0 Å². The van der Waals surface area contributed by atoms with Crippen molar-refractivity contribution in [1.82, 2.24) is 5.32 Å². The fourth-order valence-corrected chi connectivity index (χ4v) is 2.55. The number of carbonyl (C=O) groups is 1. The van der Waals surface area contributed by atoms with E-state index in [1.807, 2.05) is 18.2 Å². The first-order valence-electron chi connectivity index (χ1n) is 7.01. The van der Waals surface area contributed by atoms with Gasteiger partial charge in [0.05, 0.1) is 7.11 Å². The van der Waals surface area contributed by atoms with E-state index in [2.05, 4.69) is 5.32 Å². The minimum absolute atomic E-state index is 0.142. The molecule has 2 rings (SSSR count). The van der Waals surface area contributed by atoms with Crippen molar-refractivity contribution in [3.63, 3.8) is 0 Å². The number of amides is 1. The summed E-state index contributed by atoms with van der Waals surface area (Å²) < 4.78 is 10.8. The van der Waals surface area contributed by atoms with Gasteiger partial charge in [0.1, 0.15) is 0 Å². The number of nitrogens with two attached hydrogens (primary N) is 1. The molecular weight excluding hydrogens is 256 g/mol. The first-order chi connectivity index (χ1) is 9.70. The summed E-state index contributed by atoms with van der Waals surface area (Å²) in [5.41, 5.74) is 6.12. The number of rotatable bonds is 7. The second-order valence-corrected chi connectivity index (χ2v) is 5.07. The van der Waals surface area contributed by atoms with Gasteiger partial charge in [0.25, 0.3) is 5.91 Å². The molecule has 0 radical (unpaired) electrons. The highest BCUT2D eigenvalue weighted by Crippen LogP contribution is 2.31. The van der Waals surface area contributed by atoms with Crippen LogP contribution in [-0.4, -0.2) is 25.7 Å². The lowest BCUT2D eigenvalue weighted by molar-refractivity contribution is -0.119. The molecular formula is C15H22N2O3. The molecule has 1 fully saturated rings. The van der Waals surface area contributed by atoms with Gasteiger partial charge in [0, 0.05) is 18.2 Å². The van der Waals surface area contributed by atoms with Gasteiger partial charge in [-0.25, -0.2) is 0 Å². The quantitative estimate of drug-likeness (QED) is 0.794. The molecule has 1 aliphatic rings. The van der Waals surface area contributed by atoms with Crippen molar-refractivity contribution in [2.75, 3.05) is 13.7 Å². The Labute approximate surface area is 119 Å². The van der Waals surface area contributed by atoms with Gasteiger partial charge in [-0.2, -0.15) is 0 Å². The maximum absolute atomic E-state index is 10.9. The van der Waals surface area contributed by atoms with E-state index in [-0.39, 0.29) is 6.61 Å². The first kappa shape index (κ1) is 14.7. The number of nitrogens with one attached hydrogen (secondary N) is 1. The average molecular weight is 278 g/mol. The Balaban J connectivity index is 2.06. The Morgan fingerprint density at radius 2 is 2.15 bits per heavy atom. The summed E-state index contributed by atoms with van der Waals surface area (Å²) in [6.45, 7) is 0.562. The minimum atomic E-state index is -0.495. The molecule has 0 saturated heterocycles. The highest BCUT2D eigenvalue weighted by atomic mass is 16.5. The second kappa shape index (κ2) is 7.14. The molecule has 0 unspecified atom stereocenters. The van der Waals surface area contributed by atoms with Crippen LogP contribution in [0.2, 0.25) is 0 Å². The molecule has 0 spiro atoms. The Hall–Kier alpha value is -1.75. The summed E-state index contributed by atoms with van der Waals surface area (Å²) in [5.74, 6) is 0.724. The molecule has 20 heavy (non-hydrogen) atoms. The summed E-state index contributed by atoms with van der Waals surface area (Å²) >= 11 is 0. The molecule has 1 aromatic carbocycles. The van der Waals surface area contributed by atoms with E-state index in [0.717, 1.165) is 5.56 Å². The Morgan fingerprint density at radius 1 is 1.40 bits per heavy atom. The maximum Gasteiger partial charge on any atom is 0.255 e. The van der Waals surface area contributed by atoms with Crippen molar-refractivity contribution in [3.8, 4) is 11.5 Å². The number of benzene rings is 1. The van der Waals surface area contributed by atoms with Crippen LogP contribution in [0.15, 0.2) is 18.2 Å². The van der Waals surface area contributed by atoms with Crippen LogP contribution in [0.1, 0.15) is 31.2 Å². The number of ether oxygens (including phenoxy) is 2. The Morgan fingerprint density at radius 3 is 2.80 bits per heavy atom. The number of hydrogen-bond acceptors (Lipinski definition) is 4. The van der Waals surface area contributed by atoms with Crippen molar-refractivity contribution in [1.29, 1.82) is 0 Å². The van der Waals surface area contributed by atoms with Gasteiger partial charge >= 0.3 is 0 Å². The molecule has 1 amide bonds. The van der Waals surface area contributed by atoms with Crippen LogP contribution in [0, 0.1) is 0 Å². The topological polar surface area (TPSA) is 73.6 Å². The number of carbonyl (C=O) groups excluding carboxylic acids is 1. The van der Waals surface area contributed by atoms with E-state index in [1.165, 1.54) is 25.7 Å². The minimum Gasteiger partial charge on any atom is -0.493 e. The third-order valence-corrected chi connectivity index (χ3v) is 3.58. The van der Waals surface area contributed by atoms with Crippen LogP contribution >= 0.6 is 0 Å². The highest BCUT2D eigenvalue weighted by Gasteiger charge is 2.16. The molecule has 0 aliphatic heterocycles. The summed E-state index contributed by atoms with van der Waals surface area (Å²) in [6, 6.07) is 6.28. The van der Waals surface area contributed by atoms with Gasteiger partial charge < -0.3 is 20.5 Å². The van der Waals surface area contributed by atoms with Crippen LogP contribution in [0.3, 0.4) is 0 Å². The van der Waals surface area contributed by atoms with Crippen LogP contribution in [0.25, 0.3) is 0 Å². The zero-order valence-corrected chi connectivity index (χ0v) is 11.9. The maximum atomic E-state index is 10.9. The summed E-state index contributed by atoms with van der Waals surface area (Å²) in [7, 11) is 1.58. The number of para-hydroxylation sites is 1. The van der Waals surface area contributed by atoms with Gasteiger partial charge in [-0.1, -0.05) is 25.0 Å². The second-order valence-electron chi connectivity index (χ2n) is 5.07. The number of primary amides is 1. The van der Waals surface area contributed by atoms with E-state index >= 15 is 0 Å². The van der Waals surface area contributed by atoms with Gasteiger partial charge in [-0.15, -0.1) is 0 Å². The molecule has 1 aromatic rings. The van der Waals surface area contributed by atoms with E-state index in [4.69, 9.17) is 15.2 Å². The molecule has 0 aromatic heterocycles. The molecule has 5 nitrogen and oxygen atoms in total. The predicted octanol–water partition coefficient (Wildman–Crippen LogP) is 1.59. The molecule has 0 atom stereocenters. The molecule has 1 aliphatic carbocycles. The Kier molecular flexibility index (Phi) is 5.24. The van der Waals surface area contributed by atoms with Crippen molar-refractivity contribution in [2.24, 2.45) is 5.73 Å². The number of methoxy groups -OCH3 is 1. The molecule has 0 heterocycles. The third kappa shape index (κ3) is 3.87. The van der Waals surface area contributed by atoms with Crippen LogP contribution in [-0.2, 0) is 11.3 Å². The van der Waals surface area contributed by atoms with Gasteiger partial charge in [0.15, 0.2) is 18.1 Å². The van der Waals surface area contributed by atoms with Crippen molar-refractivity contribution in [3.05, 3.63) is 23.8 Å². The standard InChI is InChI=1S/C15H22N2O3/c1-19-13-8-4-5-11(15(13)20-10-14(16)18)9-17-12-6-2-3-7-12/h4-5,8,12,17H,2-3,6-7,9-10H2,1H3,(H2,16,18). The zero-order valence-electron chi connectivity index (χ0n) is 11.9. The largest absolute Gasteiger partial charge is 0.493 e. The average Bonchev–Trinajstić information content (AvgIpc) is 2.96. The summed E-state index contributed by atoms with van der Waals surface area (Å²) in [6.07, 6.45) is 5.03. The molecule has 0 bridgehead atoms. The Bertz CT molecular complexity index is 456. The SMILES string of the molecule is COc1cccc(CNC2CCCC2)c1OCC(N)=O. The van der Waals surface area contributed by atoms with Crippen LogP contribution in [0.4, 0.5) is 0 Å². The fraction of sp³-hybridized carbons (Fsp3) is 0.533. The van der Waals surface area contributed by atoms with Crippen LogP contribution < -0.4 is 20.5 Å². The lowest BCUT2D eigenvalue weighted by Crippen LogP contribution is -2.26. The highest BCUT2D eigenvalue weighted by molar-refractivity contribution is 5.75. The van der Waals surface area contributed by atoms with E-state index in [9.17, 15) is 4.79 Å². The lowest BCUT2D eigenvalue weighted by Gasteiger charge is -2.17. The molecule has 110 valence electrons. The van der Waals surface area contributed by atoms with Crippen LogP contribution in [0.5, 0.6) is 11.5 Å². The molecule has 1 saturated carbocycles. The van der Waals surface area contributed by atoms with Crippen molar-refractivity contribution < 1.29 is 14.3 Å². The molecule has 3 N–H and O–H groups in total. The van der Waals surface area contributed by atoms with Crippen molar-refractivity contribution >= 4 is 5.91 Å². The van der Waals surface area contributed by atoms with Gasteiger partial charge in [-0.3, -0.25) is 4.79 Å². The monoisotopic (exact) mass is 278 g/mol. The predicted molar refractivity (Wildman–Crippen MR) is 76.8 cm³/mol. The zero-order chi connectivity index (χ0) is 14.4. The number of hydrogen-bond donors (Lipinski definition) is 2. The van der Waals surface area contributed by atoms with Gasteiger partial charge in [-0.05, 0) is 18.9 Å². The lowest BCUT2D eigenvalue weighted by atomic mass is 10.1. The third-order valence-electron chi connectivity index (χ3n) is 3.58. The summed E-state index contributed by atoms with van der Waals surface area (Å²) in [4.78, 5) is 10.9.